The van der Waals surface area contributed by atoms with Crippen LogP contribution in [0.4, 0.5) is 0 Å². The van der Waals surface area contributed by atoms with Gasteiger partial charge in [0.05, 0.1) is 15.7 Å². The van der Waals surface area contributed by atoms with E-state index >= 15 is 0 Å². The molecule has 1 aromatic heterocycles. The number of halogens is 2. The minimum Gasteiger partial charge on any atom is -0.356 e. The standard InChI is InChI=1S/C24H28Cl2N4OS/c1-3-4-5-14-27-22(31)7-6-15-32-24-29-28-23(18-10-8-17(2)9-11-18)30(24)19-12-13-20(25)21(26)16-19/h8-13,16H,3-7,14-15H2,1-2H3,(H,27,31). The van der Waals surface area contributed by atoms with Crippen LogP contribution in [0.25, 0.3) is 17.1 Å². The minimum atomic E-state index is 0.105. The molecule has 0 fully saturated rings. The van der Waals surface area contributed by atoms with Crippen LogP contribution in [-0.4, -0.2) is 33.0 Å². The third-order valence-electron chi connectivity index (χ3n) is 4.99. The van der Waals surface area contributed by atoms with E-state index in [0.29, 0.717) is 16.5 Å². The molecule has 1 N–H and O–H groups in total. The van der Waals surface area contributed by atoms with Gasteiger partial charge in [0, 0.05) is 24.3 Å². The van der Waals surface area contributed by atoms with Gasteiger partial charge in [-0.15, -0.1) is 10.2 Å². The molecule has 170 valence electrons. The summed E-state index contributed by atoms with van der Waals surface area (Å²) in [5.74, 6) is 1.60. The van der Waals surface area contributed by atoms with Crippen LogP contribution in [0.3, 0.4) is 0 Å². The predicted octanol–water partition coefficient (Wildman–Crippen LogP) is 6.73. The first-order valence-electron chi connectivity index (χ1n) is 10.9. The Labute approximate surface area is 203 Å². The highest BCUT2D eigenvalue weighted by atomic mass is 35.5. The van der Waals surface area contributed by atoms with E-state index < -0.39 is 0 Å². The summed E-state index contributed by atoms with van der Waals surface area (Å²) in [6.07, 6.45) is 4.59. The molecule has 3 rings (SSSR count). The van der Waals surface area contributed by atoms with E-state index in [9.17, 15) is 4.79 Å². The monoisotopic (exact) mass is 490 g/mol. The minimum absolute atomic E-state index is 0.105. The summed E-state index contributed by atoms with van der Waals surface area (Å²) in [5.41, 5.74) is 2.99. The Balaban J connectivity index is 1.72. The molecule has 8 heteroatoms. The van der Waals surface area contributed by atoms with Crippen LogP contribution >= 0.6 is 35.0 Å². The molecule has 1 amide bonds. The van der Waals surface area contributed by atoms with Crippen LogP contribution in [0.15, 0.2) is 47.6 Å². The zero-order chi connectivity index (χ0) is 22.9. The predicted molar refractivity (Wildman–Crippen MR) is 134 cm³/mol. The Morgan fingerprint density at radius 2 is 1.81 bits per heavy atom. The Morgan fingerprint density at radius 3 is 2.53 bits per heavy atom. The third-order valence-corrected chi connectivity index (χ3v) is 6.74. The van der Waals surface area contributed by atoms with Gasteiger partial charge in [0.1, 0.15) is 0 Å². The van der Waals surface area contributed by atoms with Crippen molar-refractivity contribution in [1.29, 1.82) is 0 Å². The van der Waals surface area contributed by atoms with Gasteiger partial charge in [-0.25, -0.2) is 0 Å². The van der Waals surface area contributed by atoms with Crippen LogP contribution in [0, 0.1) is 6.92 Å². The molecule has 0 radical (unpaired) electrons. The van der Waals surface area contributed by atoms with Crippen molar-refractivity contribution >= 4 is 40.9 Å². The smallest absolute Gasteiger partial charge is 0.220 e. The maximum atomic E-state index is 12.0. The largest absolute Gasteiger partial charge is 0.356 e. The van der Waals surface area contributed by atoms with Crippen LogP contribution in [0.1, 0.15) is 44.6 Å². The molecule has 0 bridgehead atoms. The lowest BCUT2D eigenvalue weighted by Gasteiger charge is -2.11. The van der Waals surface area contributed by atoms with E-state index in [1.807, 2.05) is 28.8 Å². The van der Waals surface area contributed by atoms with E-state index in [1.165, 1.54) is 5.56 Å². The Kier molecular flexibility index (Phi) is 9.45. The zero-order valence-electron chi connectivity index (χ0n) is 18.4. The molecular formula is C24H28Cl2N4OS. The molecule has 0 aliphatic carbocycles. The van der Waals surface area contributed by atoms with Gasteiger partial charge in [0.15, 0.2) is 11.0 Å². The van der Waals surface area contributed by atoms with Crippen LogP contribution in [0.2, 0.25) is 10.0 Å². The van der Waals surface area contributed by atoms with Gasteiger partial charge < -0.3 is 5.32 Å². The van der Waals surface area contributed by atoms with Crippen molar-refractivity contribution in [1.82, 2.24) is 20.1 Å². The maximum absolute atomic E-state index is 12.0. The summed E-state index contributed by atoms with van der Waals surface area (Å²) >= 11 is 14.0. The van der Waals surface area contributed by atoms with Crippen molar-refractivity contribution in [2.45, 2.75) is 51.1 Å². The highest BCUT2D eigenvalue weighted by molar-refractivity contribution is 7.99. The lowest BCUT2D eigenvalue weighted by molar-refractivity contribution is -0.121. The topological polar surface area (TPSA) is 59.8 Å². The fraction of sp³-hybridized carbons (Fsp3) is 0.375. The lowest BCUT2D eigenvalue weighted by atomic mass is 10.1. The van der Waals surface area contributed by atoms with Crippen molar-refractivity contribution in [3.63, 3.8) is 0 Å². The molecule has 3 aromatic rings. The summed E-state index contributed by atoms with van der Waals surface area (Å²) in [7, 11) is 0. The van der Waals surface area contributed by atoms with E-state index in [1.54, 1.807) is 17.8 Å². The number of unbranched alkanes of at least 4 members (excludes halogenated alkanes) is 2. The number of thioether (sulfide) groups is 1. The van der Waals surface area contributed by atoms with Gasteiger partial charge >= 0.3 is 0 Å². The van der Waals surface area contributed by atoms with Crippen LogP contribution in [0.5, 0.6) is 0 Å². The normalized spacial score (nSPS) is 11.0. The van der Waals surface area contributed by atoms with Gasteiger partial charge in [0.25, 0.3) is 0 Å². The van der Waals surface area contributed by atoms with Crippen LogP contribution in [-0.2, 0) is 4.79 Å². The molecule has 0 saturated heterocycles. The molecule has 0 aliphatic rings. The van der Waals surface area contributed by atoms with E-state index in [-0.39, 0.29) is 5.91 Å². The second kappa shape index (κ2) is 12.3. The van der Waals surface area contributed by atoms with Gasteiger partial charge in [-0.3, -0.25) is 9.36 Å². The van der Waals surface area contributed by atoms with E-state index in [4.69, 9.17) is 23.2 Å². The second-order valence-electron chi connectivity index (χ2n) is 7.62. The molecule has 0 spiro atoms. The summed E-state index contributed by atoms with van der Waals surface area (Å²) in [4.78, 5) is 12.0. The fourth-order valence-electron chi connectivity index (χ4n) is 3.20. The van der Waals surface area contributed by atoms with Gasteiger partial charge in [-0.05, 0) is 38.0 Å². The van der Waals surface area contributed by atoms with Crippen molar-refractivity contribution in [2.75, 3.05) is 12.3 Å². The number of carbonyl (C=O) groups is 1. The first-order valence-corrected chi connectivity index (χ1v) is 12.6. The molecule has 0 atom stereocenters. The number of aryl methyl sites for hydroxylation is 1. The van der Waals surface area contributed by atoms with Crippen molar-refractivity contribution in [2.24, 2.45) is 0 Å². The third kappa shape index (κ3) is 6.74. The maximum Gasteiger partial charge on any atom is 0.220 e. The van der Waals surface area contributed by atoms with Gasteiger partial charge in [0.2, 0.25) is 5.91 Å². The molecule has 32 heavy (non-hydrogen) atoms. The fourth-order valence-corrected chi connectivity index (χ4v) is 4.38. The number of nitrogens with zero attached hydrogens (tertiary/aromatic N) is 3. The van der Waals surface area contributed by atoms with Crippen LogP contribution < -0.4 is 5.32 Å². The number of aromatic nitrogens is 3. The average Bonchev–Trinajstić information content (AvgIpc) is 3.20. The number of hydrogen-bond donors (Lipinski definition) is 1. The van der Waals surface area contributed by atoms with Crippen molar-refractivity contribution in [3.8, 4) is 17.1 Å². The number of carbonyl (C=O) groups excluding carboxylic acids is 1. The number of benzene rings is 2. The Morgan fingerprint density at radius 1 is 1.03 bits per heavy atom. The SMILES string of the molecule is CCCCCNC(=O)CCCSc1nnc(-c2ccc(C)cc2)n1-c1ccc(Cl)c(Cl)c1. The Hall–Kier alpha value is -2.02. The summed E-state index contributed by atoms with van der Waals surface area (Å²) in [6.45, 7) is 4.96. The summed E-state index contributed by atoms with van der Waals surface area (Å²) < 4.78 is 1.99. The van der Waals surface area contributed by atoms with Crippen molar-refractivity contribution in [3.05, 3.63) is 58.1 Å². The molecule has 0 unspecified atom stereocenters. The highest BCUT2D eigenvalue weighted by Crippen LogP contribution is 2.31. The zero-order valence-corrected chi connectivity index (χ0v) is 20.7. The van der Waals surface area contributed by atoms with Gasteiger partial charge in [-0.1, -0.05) is 84.6 Å². The number of rotatable bonds is 11. The molecule has 5 nitrogen and oxygen atoms in total. The highest BCUT2D eigenvalue weighted by Gasteiger charge is 2.17. The molecule has 1 heterocycles. The summed E-state index contributed by atoms with van der Waals surface area (Å²) in [5, 5.41) is 13.6. The quantitative estimate of drug-likeness (QED) is 0.239. The lowest BCUT2D eigenvalue weighted by Crippen LogP contribution is -2.24. The van der Waals surface area contributed by atoms with E-state index in [2.05, 4.69) is 41.5 Å². The van der Waals surface area contributed by atoms with E-state index in [0.717, 1.165) is 60.2 Å². The number of amides is 1. The first-order chi connectivity index (χ1) is 15.5. The number of nitrogens with one attached hydrogen (secondary N) is 1. The summed E-state index contributed by atoms with van der Waals surface area (Å²) in [6, 6.07) is 13.7. The first kappa shape index (κ1) is 24.6. The van der Waals surface area contributed by atoms with Crippen molar-refractivity contribution < 1.29 is 4.79 Å². The molecule has 2 aromatic carbocycles. The molecule has 0 aliphatic heterocycles. The van der Waals surface area contributed by atoms with Gasteiger partial charge in [-0.2, -0.15) is 0 Å². The molecule has 0 saturated carbocycles. The Bertz CT molecular complexity index is 1040. The average molecular weight is 491 g/mol. The second-order valence-corrected chi connectivity index (χ2v) is 9.49. The molecular weight excluding hydrogens is 463 g/mol. The number of hydrogen-bond acceptors (Lipinski definition) is 4.